The van der Waals surface area contributed by atoms with Crippen molar-refractivity contribution in [2.75, 3.05) is 53.1 Å². The summed E-state index contributed by atoms with van der Waals surface area (Å²) in [5.74, 6) is 0.0515. The molecule has 3 rings (SSSR count). The second-order valence-corrected chi connectivity index (χ2v) is 7.74. The number of benzene rings is 2. The maximum absolute atomic E-state index is 12.4. The third-order valence-electron chi connectivity index (χ3n) is 4.99. The van der Waals surface area contributed by atoms with Crippen LogP contribution in [-0.4, -0.2) is 68.8 Å². The van der Waals surface area contributed by atoms with Crippen LogP contribution in [0.25, 0.3) is 0 Å². The summed E-state index contributed by atoms with van der Waals surface area (Å²) in [6.07, 6.45) is 0. The van der Waals surface area contributed by atoms with E-state index in [1.54, 1.807) is 7.11 Å². The maximum atomic E-state index is 12.4. The van der Waals surface area contributed by atoms with Crippen molar-refractivity contribution in [1.82, 2.24) is 9.80 Å². The molecule has 0 saturated carbocycles. The van der Waals surface area contributed by atoms with Crippen LogP contribution < -0.4 is 0 Å². The standard InChI is InChI=1S/C22H27BrN2O3/c1-27-15-16-28-17-21(26)24-11-13-25(14-12-24)22(18-5-3-2-4-6-18)19-7-9-20(23)10-8-19/h2-10,22H,11-17H2,1H3. The summed E-state index contributed by atoms with van der Waals surface area (Å²) >= 11 is 3.52. The molecule has 6 heteroatoms. The van der Waals surface area contributed by atoms with E-state index in [4.69, 9.17) is 9.47 Å². The molecule has 1 aliphatic rings. The molecule has 2 aromatic rings. The Balaban J connectivity index is 1.65. The van der Waals surface area contributed by atoms with E-state index in [1.165, 1.54) is 11.1 Å². The summed E-state index contributed by atoms with van der Waals surface area (Å²) in [4.78, 5) is 16.7. The fourth-order valence-corrected chi connectivity index (χ4v) is 3.78. The van der Waals surface area contributed by atoms with Gasteiger partial charge >= 0.3 is 0 Å². The van der Waals surface area contributed by atoms with E-state index >= 15 is 0 Å². The summed E-state index contributed by atoms with van der Waals surface area (Å²) in [5.41, 5.74) is 2.53. The van der Waals surface area contributed by atoms with Crippen LogP contribution in [0.15, 0.2) is 59.1 Å². The Morgan fingerprint density at radius 2 is 1.61 bits per heavy atom. The van der Waals surface area contributed by atoms with Crippen LogP contribution in [0, 0.1) is 0 Å². The molecule has 1 heterocycles. The predicted octanol–water partition coefficient (Wildman–Crippen LogP) is 3.35. The van der Waals surface area contributed by atoms with Crippen molar-refractivity contribution >= 4 is 21.8 Å². The molecule has 0 spiro atoms. The summed E-state index contributed by atoms with van der Waals surface area (Å²) in [6.45, 7) is 4.17. The van der Waals surface area contributed by atoms with Crippen molar-refractivity contribution in [2.24, 2.45) is 0 Å². The lowest BCUT2D eigenvalue weighted by molar-refractivity contribution is -0.138. The lowest BCUT2D eigenvalue weighted by Gasteiger charge is -2.39. The van der Waals surface area contributed by atoms with Crippen LogP contribution in [0.4, 0.5) is 0 Å². The first kappa shape index (κ1) is 21.0. The summed E-state index contributed by atoms with van der Waals surface area (Å²) in [5, 5.41) is 0. The molecule has 1 unspecified atom stereocenters. The van der Waals surface area contributed by atoms with E-state index in [9.17, 15) is 4.79 Å². The first-order valence-electron chi connectivity index (χ1n) is 9.58. The molecule has 150 valence electrons. The molecule has 0 aromatic heterocycles. The van der Waals surface area contributed by atoms with E-state index in [0.29, 0.717) is 26.3 Å². The Kier molecular flexibility index (Phi) is 8.03. The average Bonchev–Trinajstić information content (AvgIpc) is 2.74. The number of nitrogens with zero attached hydrogens (tertiary/aromatic N) is 2. The van der Waals surface area contributed by atoms with Crippen LogP contribution in [-0.2, 0) is 14.3 Å². The SMILES string of the molecule is COCCOCC(=O)N1CCN(C(c2ccccc2)c2ccc(Br)cc2)CC1. The number of piperazine rings is 1. The van der Waals surface area contributed by atoms with Crippen molar-refractivity contribution in [2.45, 2.75) is 6.04 Å². The number of carbonyl (C=O) groups excluding carboxylic acids is 1. The van der Waals surface area contributed by atoms with E-state index in [1.807, 2.05) is 11.0 Å². The lowest BCUT2D eigenvalue weighted by atomic mass is 9.96. The third kappa shape index (κ3) is 5.64. The smallest absolute Gasteiger partial charge is 0.248 e. The van der Waals surface area contributed by atoms with Gasteiger partial charge in [-0.05, 0) is 23.3 Å². The Morgan fingerprint density at radius 1 is 0.964 bits per heavy atom. The summed E-state index contributed by atoms with van der Waals surface area (Å²) < 4.78 is 11.4. The molecule has 1 aliphatic heterocycles. The zero-order valence-corrected chi connectivity index (χ0v) is 17.8. The monoisotopic (exact) mass is 446 g/mol. The number of hydrogen-bond donors (Lipinski definition) is 0. The van der Waals surface area contributed by atoms with Crippen molar-refractivity contribution in [3.63, 3.8) is 0 Å². The zero-order valence-electron chi connectivity index (χ0n) is 16.2. The predicted molar refractivity (Wildman–Crippen MR) is 113 cm³/mol. The molecule has 1 fully saturated rings. The fourth-order valence-electron chi connectivity index (χ4n) is 3.52. The Hall–Kier alpha value is -1.73. The molecular weight excluding hydrogens is 420 g/mol. The molecular formula is C22H27BrN2O3. The minimum absolute atomic E-state index is 0.0515. The zero-order chi connectivity index (χ0) is 19.8. The minimum atomic E-state index is 0.0515. The van der Waals surface area contributed by atoms with Crippen LogP contribution in [0.5, 0.6) is 0 Å². The third-order valence-corrected chi connectivity index (χ3v) is 5.52. The molecule has 1 amide bonds. The van der Waals surface area contributed by atoms with Gasteiger partial charge < -0.3 is 14.4 Å². The van der Waals surface area contributed by atoms with Gasteiger partial charge in [-0.25, -0.2) is 0 Å². The highest BCUT2D eigenvalue weighted by molar-refractivity contribution is 9.10. The number of hydrogen-bond acceptors (Lipinski definition) is 4. The van der Waals surface area contributed by atoms with Gasteiger partial charge in [0.15, 0.2) is 0 Å². The van der Waals surface area contributed by atoms with Gasteiger partial charge in [-0.3, -0.25) is 9.69 Å². The quantitative estimate of drug-likeness (QED) is 0.583. The largest absolute Gasteiger partial charge is 0.382 e. The van der Waals surface area contributed by atoms with E-state index in [0.717, 1.165) is 17.6 Å². The molecule has 28 heavy (non-hydrogen) atoms. The number of carbonyl (C=O) groups is 1. The molecule has 1 atom stereocenters. The van der Waals surface area contributed by atoms with Crippen LogP contribution in [0.1, 0.15) is 17.2 Å². The Labute approximate surface area is 175 Å². The number of halogens is 1. The highest BCUT2D eigenvalue weighted by Gasteiger charge is 2.28. The molecule has 0 aliphatic carbocycles. The van der Waals surface area contributed by atoms with Crippen molar-refractivity contribution in [1.29, 1.82) is 0 Å². The molecule has 5 nitrogen and oxygen atoms in total. The van der Waals surface area contributed by atoms with Crippen molar-refractivity contribution < 1.29 is 14.3 Å². The average molecular weight is 447 g/mol. The van der Waals surface area contributed by atoms with Gasteiger partial charge in [0.2, 0.25) is 5.91 Å². The van der Waals surface area contributed by atoms with Gasteiger partial charge in [-0.15, -0.1) is 0 Å². The van der Waals surface area contributed by atoms with E-state index in [2.05, 4.69) is 69.4 Å². The highest BCUT2D eigenvalue weighted by Crippen LogP contribution is 2.30. The summed E-state index contributed by atoms with van der Waals surface area (Å²) in [7, 11) is 1.62. The van der Waals surface area contributed by atoms with Crippen molar-refractivity contribution in [3.05, 3.63) is 70.2 Å². The van der Waals surface area contributed by atoms with Gasteiger partial charge in [0.1, 0.15) is 6.61 Å². The lowest BCUT2D eigenvalue weighted by Crippen LogP contribution is -2.50. The molecule has 1 saturated heterocycles. The van der Waals surface area contributed by atoms with Gasteiger partial charge in [0.25, 0.3) is 0 Å². The Bertz CT molecular complexity index is 731. The first-order valence-corrected chi connectivity index (χ1v) is 10.4. The Morgan fingerprint density at radius 3 is 2.25 bits per heavy atom. The maximum Gasteiger partial charge on any atom is 0.248 e. The molecule has 0 N–H and O–H groups in total. The number of rotatable bonds is 8. The fraction of sp³-hybridized carbons (Fsp3) is 0.409. The van der Waals surface area contributed by atoms with Gasteiger partial charge in [0, 0.05) is 37.8 Å². The highest BCUT2D eigenvalue weighted by atomic mass is 79.9. The minimum Gasteiger partial charge on any atom is -0.382 e. The first-order chi connectivity index (χ1) is 13.7. The van der Waals surface area contributed by atoms with Gasteiger partial charge in [-0.2, -0.15) is 0 Å². The normalized spacial score (nSPS) is 16.1. The van der Waals surface area contributed by atoms with E-state index < -0.39 is 0 Å². The number of ether oxygens (including phenoxy) is 2. The second kappa shape index (κ2) is 10.7. The van der Waals surface area contributed by atoms with Crippen LogP contribution in [0.3, 0.4) is 0 Å². The molecule has 0 bridgehead atoms. The van der Waals surface area contributed by atoms with Crippen molar-refractivity contribution in [3.8, 4) is 0 Å². The topological polar surface area (TPSA) is 42.0 Å². The molecule has 2 aromatic carbocycles. The molecule has 0 radical (unpaired) electrons. The van der Waals surface area contributed by atoms with Crippen LogP contribution in [0.2, 0.25) is 0 Å². The van der Waals surface area contributed by atoms with E-state index in [-0.39, 0.29) is 18.6 Å². The van der Waals surface area contributed by atoms with Gasteiger partial charge in [0.05, 0.1) is 19.3 Å². The number of amides is 1. The van der Waals surface area contributed by atoms with Crippen LogP contribution >= 0.6 is 15.9 Å². The second-order valence-electron chi connectivity index (χ2n) is 6.83. The van der Waals surface area contributed by atoms with Gasteiger partial charge in [-0.1, -0.05) is 58.4 Å². The number of methoxy groups -OCH3 is 1. The summed E-state index contributed by atoms with van der Waals surface area (Å²) in [6, 6.07) is 19.3.